The van der Waals surface area contributed by atoms with Crippen molar-refractivity contribution in [2.24, 2.45) is 0 Å². The van der Waals surface area contributed by atoms with Gasteiger partial charge in [-0.15, -0.1) is 0 Å². The summed E-state index contributed by atoms with van der Waals surface area (Å²) in [5.41, 5.74) is 1.34. The Hall–Kier alpha value is -3.77. The van der Waals surface area contributed by atoms with Gasteiger partial charge in [-0.1, -0.05) is 121 Å². The van der Waals surface area contributed by atoms with E-state index in [0.29, 0.717) is 5.56 Å². The average molecular weight is 534 g/mol. The van der Waals surface area contributed by atoms with Crippen molar-refractivity contribution in [3.05, 3.63) is 151 Å². The lowest BCUT2D eigenvalue weighted by Crippen LogP contribution is -2.32. The van der Waals surface area contributed by atoms with Gasteiger partial charge in [-0.3, -0.25) is 0 Å². The largest absolute Gasteiger partial charge is 0.478 e. The second-order valence-electron chi connectivity index (χ2n) is 8.87. The SMILES string of the molecule is O=C(O)c1ccc(N(CP(c2ccccc2)c2ccccc2)CP(c2ccccc2)c2ccccc2)cc1. The van der Waals surface area contributed by atoms with Crippen molar-refractivity contribution in [2.45, 2.75) is 0 Å². The first-order valence-electron chi connectivity index (χ1n) is 12.5. The first-order valence-corrected chi connectivity index (χ1v) is 15.6. The van der Waals surface area contributed by atoms with Gasteiger partial charge < -0.3 is 10.0 Å². The van der Waals surface area contributed by atoms with Gasteiger partial charge in [0.2, 0.25) is 0 Å². The molecule has 0 saturated carbocycles. The summed E-state index contributed by atoms with van der Waals surface area (Å²) in [4.78, 5) is 14.0. The Morgan fingerprint density at radius 1 is 0.500 bits per heavy atom. The minimum absolute atomic E-state index is 0.301. The molecule has 0 radical (unpaired) electrons. The molecule has 38 heavy (non-hydrogen) atoms. The minimum atomic E-state index is -0.908. The Morgan fingerprint density at radius 3 is 1.11 bits per heavy atom. The third kappa shape index (κ3) is 6.37. The van der Waals surface area contributed by atoms with Gasteiger partial charge >= 0.3 is 5.97 Å². The Balaban J connectivity index is 1.58. The standard InChI is InChI=1S/C33H29NO2P2/c35-33(36)27-21-23-28(24-22-27)34(25-37(29-13-5-1-6-14-29)30-15-7-2-8-16-30)26-38(31-17-9-3-10-18-31)32-19-11-4-12-20-32/h1-24H,25-26H2,(H,35,36). The highest BCUT2D eigenvalue weighted by atomic mass is 31.1. The second kappa shape index (κ2) is 12.7. The van der Waals surface area contributed by atoms with Crippen LogP contribution in [0, 0.1) is 0 Å². The van der Waals surface area contributed by atoms with Crippen LogP contribution in [0.1, 0.15) is 10.4 Å². The van der Waals surface area contributed by atoms with Gasteiger partial charge in [0, 0.05) is 18.3 Å². The zero-order valence-electron chi connectivity index (χ0n) is 21.0. The molecule has 0 fully saturated rings. The highest BCUT2D eigenvalue weighted by molar-refractivity contribution is 7.74. The molecular formula is C33H29NO2P2. The molecule has 0 aliphatic rings. The number of aromatic carboxylic acids is 1. The summed E-state index contributed by atoms with van der Waals surface area (Å²) in [5, 5.41) is 14.8. The predicted octanol–water partition coefficient (Wildman–Crippen LogP) is 6.37. The molecule has 0 atom stereocenters. The van der Waals surface area contributed by atoms with E-state index in [4.69, 9.17) is 0 Å². The van der Waals surface area contributed by atoms with Gasteiger partial charge in [0.05, 0.1) is 5.56 Å². The lowest BCUT2D eigenvalue weighted by atomic mass is 10.2. The summed E-state index contributed by atoms with van der Waals surface area (Å²) < 4.78 is 0. The summed E-state index contributed by atoms with van der Waals surface area (Å²) >= 11 is 0. The van der Waals surface area contributed by atoms with Crippen molar-refractivity contribution in [2.75, 3.05) is 17.5 Å². The summed E-state index contributed by atoms with van der Waals surface area (Å²) in [6, 6.07) is 50.3. The normalized spacial score (nSPS) is 11.0. The fourth-order valence-electron chi connectivity index (χ4n) is 4.42. The molecule has 5 rings (SSSR count). The fraction of sp³-hybridized carbons (Fsp3) is 0.0606. The maximum absolute atomic E-state index is 11.6. The van der Waals surface area contributed by atoms with E-state index in [9.17, 15) is 9.90 Å². The van der Waals surface area contributed by atoms with Crippen LogP contribution in [-0.4, -0.2) is 23.6 Å². The van der Waals surface area contributed by atoms with Crippen LogP contribution in [0.5, 0.6) is 0 Å². The van der Waals surface area contributed by atoms with Crippen molar-refractivity contribution < 1.29 is 9.90 Å². The third-order valence-electron chi connectivity index (χ3n) is 6.38. The number of hydrogen-bond acceptors (Lipinski definition) is 2. The van der Waals surface area contributed by atoms with Crippen LogP contribution in [0.3, 0.4) is 0 Å². The van der Waals surface area contributed by atoms with Crippen LogP contribution in [0.4, 0.5) is 5.69 Å². The Bertz CT molecular complexity index is 1270. The molecule has 5 aromatic carbocycles. The maximum Gasteiger partial charge on any atom is 0.335 e. The van der Waals surface area contributed by atoms with Crippen molar-refractivity contribution in [3.63, 3.8) is 0 Å². The Morgan fingerprint density at radius 2 is 0.816 bits per heavy atom. The number of benzene rings is 5. The molecule has 0 unspecified atom stereocenters. The molecule has 1 N–H and O–H groups in total. The molecule has 0 aliphatic heterocycles. The zero-order chi connectivity index (χ0) is 26.2. The number of carboxylic acid groups (broad SMARTS) is 1. The summed E-state index contributed by atoms with van der Waals surface area (Å²) in [5.74, 6) is -0.908. The van der Waals surface area contributed by atoms with E-state index in [2.05, 4.69) is 126 Å². The van der Waals surface area contributed by atoms with Gasteiger partial charge in [-0.25, -0.2) is 4.79 Å². The lowest BCUT2D eigenvalue weighted by Gasteiger charge is -2.34. The highest BCUT2D eigenvalue weighted by Crippen LogP contribution is 2.41. The molecular weight excluding hydrogens is 504 g/mol. The predicted molar refractivity (Wildman–Crippen MR) is 164 cm³/mol. The number of rotatable bonds is 10. The lowest BCUT2D eigenvalue weighted by molar-refractivity contribution is 0.0697. The molecule has 3 nitrogen and oxygen atoms in total. The van der Waals surface area contributed by atoms with Crippen molar-refractivity contribution in [3.8, 4) is 0 Å². The van der Waals surface area contributed by atoms with E-state index in [1.54, 1.807) is 12.1 Å². The van der Waals surface area contributed by atoms with Crippen molar-refractivity contribution >= 4 is 48.7 Å². The van der Waals surface area contributed by atoms with Crippen LogP contribution >= 0.6 is 15.8 Å². The van der Waals surface area contributed by atoms with E-state index in [0.717, 1.165) is 18.3 Å². The van der Waals surface area contributed by atoms with Gasteiger partial charge in [0.1, 0.15) is 0 Å². The molecule has 5 heteroatoms. The molecule has 0 saturated heterocycles. The van der Waals surface area contributed by atoms with E-state index < -0.39 is 21.8 Å². The maximum atomic E-state index is 11.6. The van der Waals surface area contributed by atoms with Crippen LogP contribution < -0.4 is 26.1 Å². The molecule has 0 heterocycles. The second-order valence-corrected chi connectivity index (χ2v) is 13.2. The Labute approximate surface area is 226 Å². The quantitative estimate of drug-likeness (QED) is 0.212. The van der Waals surface area contributed by atoms with Crippen LogP contribution in [0.2, 0.25) is 0 Å². The molecule has 0 aliphatic carbocycles. The zero-order valence-corrected chi connectivity index (χ0v) is 22.8. The summed E-state index contributed by atoms with van der Waals surface area (Å²) in [6.07, 6.45) is 1.66. The molecule has 0 spiro atoms. The smallest absolute Gasteiger partial charge is 0.335 e. The van der Waals surface area contributed by atoms with E-state index in [-0.39, 0.29) is 0 Å². The average Bonchev–Trinajstić information content (AvgIpc) is 2.99. The number of carboxylic acids is 1. The molecule has 0 bridgehead atoms. The van der Waals surface area contributed by atoms with Crippen LogP contribution in [-0.2, 0) is 0 Å². The van der Waals surface area contributed by atoms with Gasteiger partial charge in [-0.05, 0) is 61.3 Å². The van der Waals surface area contributed by atoms with E-state index in [1.165, 1.54) is 21.2 Å². The van der Waals surface area contributed by atoms with E-state index >= 15 is 0 Å². The van der Waals surface area contributed by atoms with Crippen molar-refractivity contribution in [1.82, 2.24) is 0 Å². The minimum Gasteiger partial charge on any atom is -0.478 e. The monoisotopic (exact) mass is 533 g/mol. The Kier molecular flexibility index (Phi) is 8.61. The fourth-order valence-corrected chi connectivity index (χ4v) is 9.17. The topological polar surface area (TPSA) is 40.5 Å². The van der Waals surface area contributed by atoms with Crippen LogP contribution in [0.25, 0.3) is 0 Å². The van der Waals surface area contributed by atoms with Crippen molar-refractivity contribution in [1.29, 1.82) is 0 Å². The third-order valence-corrected chi connectivity index (χ3v) is 11.3. The highest BCUT2D eigenvalue weighted by Gasteiger charge is 2.23. The number of hydrogen-bond donors (Lipinski definition) is 1. The first-order chi connectivity index (χ1) is 18.7. The number of nitrogens with zero attached hydrogens (tertiary/aromatic N) is 1. The first kappa shape index (κ1) is 25.9. The molecule has 0 amide bonds. The van der Waals surface area contributed by atoms with Crippen LogP contribution in [0.15, 0.2) is 146 Å². The summed E-state index contributed by atoms with van der Waals surface area (Å²) in [6.45, 7) is 0. The van der Waals surface area contributed by atoms with E-state index in [1.807, 2.05) is 12.1 Å². The van der Waals surface area contributed by atoms with Gasteiger partial charge in [-0.2, -0.15) is 0 Å². The molecule has 188 valence electrons. The van der Waals surface area contributed by atoms with Gasteiger partial charge in [0.15, 0.2) is 0 Å². The number of anilines is 1. The molecule has 5 aromatic rings. The number of carbonyl (C=O) groups is 1. The molecule has 0 aromatic heterocycles. The summed E-state index contributed by atoms with van der Waals surface area (Å²) in [7, 11) is -1.36. The van der Waals surface area contributed by atoms with Gasteiger partial charge in [0.25, 0.3) is 0 Å².